The molecular weight excluding hydrogens is 402 g/mol. The highest BCUT2D eigenvalue weighted by molar-refractivity contribution is 6.01. The van der Waals surface area contributed by atoms with E-state index in [2.05, 4.69) is 50.4 Å². The van der Waals surface area contributed by atoms with Crippen LogP contribution in [0.25, 0.3) is 0 Å². The summed E-state index contributed by atoms with van der Waals surface area (Å²) in [5.74, 6) is 0.144. The fourth-order valence-electron chi connectivity index (χ4n) is 4.78. The zero-order valence-electron chi connectivity index (χ0n) is 18.5. The molecule has 0 fully saturated rings. The van der Waals surface area contributed by atoms with Gasteiger partial charge in [-0.1, -0.05) is 52.8 Å². The van der Waals surface area contributed by atoms with E-state index in [0.717, 1.165) is 68.2 Å². The van der Waals surface area contributed by atoms with Crippen LogP contribution in [-0.4, -0.2) is 58.7 Å². The maximum atomic E-state index is 13.5. The van der Waals surface area contributed by atoms with Gasteiger partial charge in [0.05, 0.1) is 11.3 Å². The molecule has 1 aromatic heterocycles. The molecule has 0 aliphatic carbocycles. The Labute approximate surface area is 188 Å². The van der Waals surface area contributed by atoms with E-state index in [4.69, 9.17) is 4.63 Å². The number of nitrogens with zero attached hydrogens (tertiary/aromatic N) is 5. The van der Waals surface area contributed by atoms with E-state index in [0.29, 0.717) is 13.1 Å². The Morgan fingerprint density at radius 1 is 1.00 bits per heavy atom. The smallest absolute Gasteiger partial charge is 0.256 e. The minimum atomic E-state index is 0.144. The third kappa shape index (κ3) is 4.25. The van der Waals surface area contributed by atoms with Crippen LogP contribution < -0.4 is 4.90 Å². The fourth-order valence-corrected chi connectivity index (χ4v) is 4.78. The summed E-state index contributed by atoms with van der Waals surface area (Å²) in [5.41, 5.74) is 6.21. The van der Waals surface area contributed by atoms with E-state index in [1.165, 1.54) is 11.1 Å². The molecule has 32 heavy (non-hydrogen) atoms. The Morgan fingerprint density at radius 3 is 2.69 bits per heavy atom. The number of rotatable bonds is 7. The van der Waals surface area contributed by atoms with E-state index >= 15 is 0 Å². The van der Waals surface area contributed by atoms with Gasteiger partial charge in [0, 0.05) is 45.8 Å². The fraction of sp³-hybridized carbons (Fsp3) is 0.400. The quantitative estimate of drug-likeness (QED) is 0.572. The minimum absolute atomic E-state index is 0.144. The second-order valence-corrected chi connectivity index (χ2v) is 8.69. The molecule has 2 aliphatic rings. The predicted octanol–water partition coefficient (Wildman–Crippen LogP) is 3.29. The Kier molecular flexibility index (Phi) is 5.90. The monoisotopic (exact) mass is 431 g/mol. The summed E-state index contributed by atoms with van der Waals surface area (Å²) >= 11 is 0. The molecule has 0 saturated carbocycles. The standard InChI is InChI=1S/C25H29N5O2/c1-19-23(27-32-26-19)18-28(17-20-7-3-2-4-8-20)13-14-30-16-15-29-12-6-10-21-9-5-11-22(24(21)29)25(30)31/h2-5,7-9,11H,6,10,12-18H2,1H3. The van der Waals surface area contributed by atoms with Gasteiger partial charge in [0.25, 0.3) is 5.91 Å². The van der Waals surface area contributed by atoms with Crippen LogP contribution in [0.4, 0.5) is 5.69 Å². The van der Waals surface area contributed by atoms with Crippen molar-refractivity contribution in [2.24, 2.45) is 0 Å². The number of aromatic nitrogens is 2. The maximum absolute atomic E-state index is 13.5. The summed E-state index contributed by atoms with van der Waals surface area (Å²) < 4.78 is 4.91. The summed E-state index contributed by atoms with van der Waals surface area (Å²) in [6.07, 6.45) is 2.21. The van der Waals surface area contributed by atoms with E-state index in [1.807, 2.05) is 30.0 Å². The van der Waals surface area contributed by atoms with Crippen molar-refractivity contribution in [3.8, 4) is 0 Å². The average molecular weight is 432 g/mol. The lowest BCUT2D eigenvalue weighted by molar-refractivity contribution is 0.0741. The van der Waals surface area contributed by atoms with E-state index < -0.39 is 0 Å². The van der Waals surface area contributed by atoms with Crippen molar-refractivity contribution in [1.82, 2.24) is 20.1 Å². The van der Waals surface area contributed by atoms with Gasteiger partial charge in [-0.05, 0) is 37.0 Å². The van der Waals surface area contributed by atoms with Crippen molar-refractivity contribution in [1.29, 1.82) is 0 Å². The lowest BCUT2D eigenvalue weighted by Crippen LogP contribution is -2.40. The predicted molar refractivity (Wildman–Crippen MR) is 122 cm³/mol. The van der Waals surface area contributed by atoms with Gasteiger partial charge in [-0.15, -0.1) is 0 Å². The molecule has 2 aromatic carbocycles. The zero-order valence-corrected chi connectivity index (χ0v) is 18.5. The summed E-state index contributed by atoms with van der Waals surface area (Å²) in [6, 6.07) is 16.6. The number of benzene rings is 2. The van der Waals surface area contributed by atoms with Crippen LogP contribution in [0, 0.1) is 6.92 Å². The van der Waals surface area contributed by atoms with E-state index in [1.54, 1.807) is 0 Å². The number of amides is 1. The molecule has 7 heteroatoms. The Morgan fingerprint density at radius 2 is 1.88 bits per heavy atom. The summed E-state index contributed by atoms with van der Waals surface area (Å²) in [5, 5.41) is 8.00. The van der Waals surface area contributed by atoms with E-state index in [-0.39, 0.29) is 5.91 Å². The molecule has 7 nitrogen and oxygen atoms in total. The summed E-state index contributed by atoms with van der Waals surface area (Å²) in [6.45, 7) is 7.42. The molecule has 0 saturated heterocycles. The highest BCUT2D eigenvalue weighted by Gasteiger charge is 2.30. The number of anilines is 1. The second-order valence-electron chi connectivity index (χ2n) is 8.69. The first-order valence-corrected chi connectivity index (χ1v) is 11.4. The van der Waals surface area contributed by atoms with Crippen LogP contribution in [0.2, 0.25) is 0 Å². The van der Waals surface area contributed by atoms with Gasteiger partial charge in [-0.3, -0.25) is 9.69 Å². The highest BCUT2D eigenvalue weighted by atomic mass is 16.6. The van der Waals surface area contributed by atoms with Gasteiger partial charge in [-0.25, -0.2) is 4.63 Å². The summed E-state index contributed by atoms with van der Waals surface area (Å²) in [7, 11) is 0. The van der Waals surface area contributed by atoms with Crippen LogP contribution in [0.5, 0.6) is 0 Å². The van der Waals surface area contributed by atoms with E-state index in [9.17, 15) is 4.79 Å². The first-order valence-electron chi connectivity index (χ1n) is 11.4. The lowest BCUT2D eigenvalue weighted by Gasteiger charge is -2.30. The molecule has 0 spiro atoms. The molecule has 166 valence electrons. The Bertz CT molecular complexity index is 1080. The lowest BCUT2D eigenvalue weighted by atomic mass is 9.97. The SMILES string of the molecule is Cc1nonc1CN(CCN1CCN2CCCc3cccc(c32)C1=O)Cc1ccccc1. The van der Waals surface area contributed by atoms with Gasteiger partial charge in [0.1, 0.15) is 11.4 Å². The topological polar surface area (TPSA) is 65.7 Å². The van der Waals surface area contributed by atoms with Crippen molar-refractivity contribution in [2.75, 3.05) is 37.6 Å². The molecular formula is C25H29N5O2. The molecule has 1 amide bonds. The number of carbonyl (C=O) groups is 1. The first-order chi connectivity index (χ1) is 15.7. The van der Waals surface area contributed by atoms with Crippen LogP contribution in [-0.2, 0) is 19.5 Å². The van der Waals surface area contributed by atoms with Crippen LogP contribution >= 0.6 is 0 Å². The van der Waals surface area contributed by atoms with Gasteiger partial charge in [0.15, 0.2) is 0 Å². The molecule has 0 N–H and O–H groups in total. The van der Waals surface area contributed by atoms with Crippen molar-refractivity contribution < 1.29 is 9.42 Å². The van der Waals surface area contributed by atoms with Gasteiger partial charge in [-0.2, -0.15) is 0 Å². The largest absolute Gasteiger partial charge is 0.369 e. The van der Waals surface area contributed by atoms with Gasteiger partial charge < -0.3 is 9.80 Å². The third-order valence-corrected chi connectivity index (χ3v) is 6.52. The molecule has 2 aliphatic heterocycles. The number of carbonyl (C=O) groups excluding carboxylic acids is 1. The highest BCUT2D eigenvalue weighted by Crippen LogP contribution is 2.33. The van der Waals surface area contributed by atoms with Crippen molar-refractivity contribution >= 4 is 11.6 Å². The van der Waals surface area contributed by atoms with Crippen molar-refractivity contribution in [3.05, 3.63) is 76.6 Å². The molecule has 3 heterocycles. The first kappa shape index (κ1) is 20.7. The normalized spacial score (nSPS) is 15.8. The zero-order chi connectivity index (χ0) is 21.9. The molecule has 0 radical (unpaired) electrons. The average Bonchev–Trinajstić information content (AvgIpc) is 3.16. The van der Waals surface area contributed by atoms with Crippen LogP contribution in [0.1, 0.15) is 39.3 Å². The molecule has 3 aromatic rings. The molecule has 0 atom stereocenters. The Hall–Kier alpha value is -3.19. The van der Waals surface area contributed by atoms with Crippen molar-refractivity contribution in [2.45, 2.75) is 32.9 Å². The van der Waals surface area contributed by atoms with Gasteiger partial charge >= 0.3 is 0 Å². The second kappa shape index (κ2) is 9.12. The number of para-hydroxylation sites is 1. The number of hydrogen-bond donors (Lipinski definition) is 0. The Balaban J connectivity index is 1.33. The third-order valence-electron chi connectivity index (χ3n) is 6.52. The van der Waals surface area contributed by atoms with Crippen LogP contribution in [0.15, 0.2) is 53.2 Å². The molecule has 0 unspecified atom stereocenters. The number of hydrogen-bond acceptors (Lipinski definition) is 6. The van der Waals surface area contributed by atoms with Crippen molar-refractivity contribution in [3.63, 3.8) is 0 Å². The minimum Gasteiger partial charge on any atom is -0.369 e. The summed E-state index contributed by atoms with van der Waals surface area (Å²) in [4.78, 5) is 20.2. The molecule has 0 bridgehead atoms. The van der Waals surface area contributed by atoms with Gasteiger partial charge in [0.2, 0.25) is 0 Å². The molecule has 5 rings (SSSR count). The van der Waals surface area contributed by atoms with Crippen LogP contribution in [0.3, 0.4) is 0 Å². The maximum Gasteiger partial charge on any atom is 0.256 e. The number of aryl methyl sites for hydroxylation is 2.